The van der Waals surface area contributed by atoms with Gasteiger partial charge in [-0.1, -0.05) is 17.7 Å². The predicted molar refractivity (Wildman–Crippen MR) is 114 cm³/mol. The number of rotatable bonds is 7. The summed E-state index contributed by atoms with van der Waals surface area (Å²) in [7, 11) is 0. The molecule has 0 spiro atoms. The number of aromatic nitrogens is 5. The van der Waals surface area contributed by atoms with Crippen LogP contribution in [0.25, 0.3) is 5.69 Å². The maximum atomic E-state index is 12.4. The predicted octanol–water partition coefficient (Wildman–Crippen LogP) is 3.84. The molecule has 0 saturated carbocycles. The standard InChI is InChI=1S/C20H17ClN6O2S/c1-13-2-5-15(8-18(13)27-12-22-25-26-27)23-19(28)9-16-11-30-20(24-16)10-29-17-6-3-14(21)4-7-17/h2-8,11-12H,9-10H2,1H3,(H,23,28). The van der Waals surface area contributed by atoms with E-state index in [-0.39, 0.29) is 12.3 Å². The van der Waals surface area contributed by atoms with Crippen LogP contribution in [0.1, 0.15) is 16.3 Å². The zero-order valence-electron chi connectivity index (χ0n) is 15.9. The molecule has 0 radical (unpaired) electrons. The first-order valence-electron chi connectivity index (χ1n) is 9.02. The molecule has 1 amide bonds. The number of carbonyl (C=O) groups excluding carboxylic acids is 1. The number of thiazole rings is 1. The van der Waals surface area contributed by atoms with Gasteiger partial charge >= 0.3 is 0 Å². The SMILES string of the molecule is Cc1ccc(NC(=O)Cc2csc(COc3ccc(Cl)cc3)n2)cc1-n1cnnn1. The number of nitrogens with one attached hydrogen (secondary N) is 1. The molecule has 2 heterocycles. The third kappa shape index (κ3) is 5.00. The molecule has 10 heteroatoms. The van der Waals surface area contributed by atoms with Crippen LogP contribution >= 0.6 is 22.9 Å². The summed E-state index contributed by atoms with van der Waals surface area (Å²) in [6, 6.07) is 12.7. The minimum atomic E-state index is -0.156. The van der Waals surface area contributed by atoms with Crippen LogP contribution < -0.4 is 10.1 Å². The van der Waals surface area contributed by atoms with Crippen molar-refractivity contribution in [1.29, 1.82) is 0 Å². The largest absolute Gasteiger partial charge is 0.486 e. The molecule has 4 rings (SSSR count). The van der Waals surface area contributed by atoms with E-state index in [4.69, 9.17) is 16.3 Å². The third-order valence-electron chi connectivity index (χ3n) is 4.21. The minimum Gasteiger partial charge on any atom is -0.486 e. The number of tetrazole rings is 1. The number of amides is 1. The van der Waals surface area contributed by atoms with Crippen molar-refractivity contribution in [1.82, 2.24) is 25.2 Å². The molecule has 2 aromatic heterocycles. The summed E-state index contributed by atoms with van der Waals surface area (Å²) in [6.45, 7) is 2.28. The molecule has 0 fully saturated rings. The highest BCUT2D eigenvalue weighted by Gasteiger charge is 2.11. The van der Waals surface area contributed by atoms with Crippen LogP contribution in [0, 0.1) is 6.92 Å². The second kappa shape index (κ2) is 9.02. The number of nitrogens with zero attached hydrogens (tertiary/aromatic N) is 5. The van der Waals surface area contributed by atoms with Crippen molar-refractivity contribution in [2.75, 3.05) is 5.32 Å². The van der Waals surface area contributed by atoms with E-state index in [1.807, 2.05) is 30.5 Å². The van der Waals surface area contributed by atoms with Crippen LogP contribution in [-0.4, -0.2) is 31.1 Å². The van der Waals surface area contributed by atoms with E-state index in [0.29, 0.717) is 28.8 Å². The van der Waals surface area contributed by atoms with Crippen LogP contribution in [-0.2, 0) is 17.8 Å². The Bertz CT molecular complexity index is 1140. The highest BCUT2D eigenvalue weighted by molar-refractivity contribution is 7.09. The third-order valence-corrected chi connectivity index (χ3v) is 5.33. The van der Waals surface area contributed by atoms with Gasteiger partial charge in [0.1, 0.15) is 23.7 Å². The Hall–Kier alpha value is -3.30. The van der Waals surface area contributed by atoms with E-state index in [0.717, 1.165) is 16.3 Å². The number of hydrogen-bond donors (Lipinski definition) is 1. The fourth-order valence-corrected chi connectivity index (χ4v) is 3.58. The van der Waals surface area contributed by atoms with E-state index in [1.54, 1.807) is 28.9 Å². The quantitative estimate of drug-likeness (QED) is 0.469. The molecule has 0 atom stereocenters. The van der Waals surface area contributed by atoms with E-state index < -0.39 is 0 Å². The van der Waals surface area contributed by atoms with E-state index in [2.05, 4.69) is 25.8 Å². The second-order valence-electron chi connectivity index (χ2n) is 6.46. The lowest BCUT2D eigenvalue weighted by molar-refractivity contribution is -0.115. The first-order valence-corrected chi connectivity index (χ1v) is 10.3. The molecule has 152 valence electrons. The first kappa shape index (κ1) is 20.0. The fraction of sp³-hybridized carbons (Fsp3) is 0.150. The van der Waals surface area contributed by atoms with Crippen molar-refractivity contribution in [2.24, 2.45) is 0 Å². The molecular weight excluding hydrogens is 424 g/mol. The van der Waals surface area contributed by atoms with Crippen LogP contribution in [0.5, 0.6) is 5.75 Å². The van der Waals surface area contributed by atoms with Crippen molar-refractivity contribution in [3.8, 4) is 11.4 Å². The van der Waals surface area contributed by atoms with Gasteiger partial charge in [0, 0.05) is 16.1 Å². The van der Waals surface area contributed by atoms with Gasteiger partial charge in [-0.2, -0.15) is 0 Å². The lowest BCUT2D eigenvalue weighted by atomic mass is 10.1. The first-order chi connectivity index (χ1) is 14.6. The summed E-state index contributed by atoms with van der Waals surface area (Å²) in [5.74, 6) is 0.559. The van der Waals surface area contributed by atoms with Gasteiger partial charge in [0.15, 0.2) is 0 Å². The molecule has 0 bridgehead atoms. The Kier molecular flexibility index (Phi) is 6.01. The smallest absolute Gasteiger partial charge is 0.230 e. The summed E-state index contributed by atoms with van der Waals surface area (Å²) in [6.07, 6.45) is 1.68. The molecule has 0 unspecified atom stereocenters. The van der Waals surface area contributed by atoms with Gasteiger partial charge < -0.3 is 10.1 Å². The molecule has 8 nitrogen and oxygen atoms in total. The highest BCUT2D eigenvalue weighted by Crippen LogP contribution is 2.20. The average molecular weight is 441 g/mol. The molecule has 1 N–H and O–H groups in total. The van der Waals surface area contributed by atoms with Crippen LogP contribution in [0.4, 0.5) is 5.69 Å². The Morgan fingerprint density at radius 2 is 2.07 bits per heavy atom. The van der Waals surface area contributed by atoms with E-state index >= 15 is 0 Å². The summed E-state index contributed by atoms with van der Waals surface area (Å²) < 4.78 is 7.24. The lowest BCUT2D eigenvalue weighted by Crippen LogP contribution is -2.15. The number of aryl methyl sites for hydroxylation is 1. The number of anilines is 1. The summed E-state index contributed by atoms with van der Waals surface area (Å²) in [5.41, 5.74) is 3.15. The molecule has 0 aliphatic carbocycles. The minimum absolute atomic E-state index is 0.156. The molecule has 4 aromatic rings. The number of hydrogen-bond acceptors (Lipinski definition) is 7. The second-order valence-corrected chi connectivity index (χ2v) is 7.83. The monoisotopic (exact) mass is 440 g/mol. The molecule has 30 heavy (non-hydrogen) atoms. The summed E-state index contributed by atoms with van der Waals surface area (Å²) in [5, 5.41) is 17.4. The van der Waals surface area contributed by atoms with Crippen molar-refractivity contribution in [2.45, 2.75) is 20.0 Å². The zero-order valence-corrected chi connectivity index (χ0v) is 17.5. The fourth-order valence-electron chi connectivity index (χ4n) is 2.75. The topological polar surface area (TPSA) is 94.8 Å². The van der Waals surface area contributed by atoms with Crippen molar-refractivity contribution >= 4 is 34.5 Å². The zero-order chi connectivity index (χ0) is 20.9. The van der Waals surface area contributed by atoms with Gasteiger partial charge in [-0.25, -0.2) is 9.67 Å². The van der Waals surface area contributed by atoms with Gasteiger partial charge in [0.25, 0.3) is 0 Å². The van der Waals surface area contributed by atoms with Crippen LogP contribution in [0.3, 0.4) is 0 Å². The Morgan fingerprint density at radius 1 is 1.23 bits per heavy atom. The van der Waals surface area contributed by atoms with Gasteiger partial charge in [-0.05, 0) is 59.3 Å². The number of halogens is 1. The van der Waals surface area contributed by atoms with Crippen LogP contribution in [0.15, 0.2) is 54.2 Å². The van der Waals surface area contributed by atoms with E-state index in [9.17, 15) is 4.79 Å². The summed E-state index contributed by atoms with van der Waals surface area (Å²) >= 11 is 7.32. The van der Waals surface area contributed by atoms with Crippen molar-refractivity contribution in [3.63, 3.8) is 0 Å². The molecule has 0 aliphatic heterocycles. The van der Waals surface area contributed by atoms with E-state index in [1.165, 1.54) is 17.7 Å². The highest BCUT2D eigenvalue weighted by atomic mass is 35.5. The molecule has 0 saturated heterocycles. The Morgan fingerprint density at radius 3 is 2.83 bits per heavy atom. The maximum absolute atomic E-state index is 12.4. The number of ether oxygens (including phenoxy) is 1. The van der Waals surface area contributed by atoms with Gasteiger partial charge in [0.2, 0.25) is 5.91 Å². The van der Waals surface area contributed by atoms with Gasteiger partial charge in [-0.15, -0.1) is 16.4 Å². The van der Waals surface area contributed by atoms with Gasteiger partial charge in [0.05, 0.1) is 17.8 Å². The Labute approximate surface area is 181 Å². The normalized spacial score (nSPS) is 10.7. The van der Waals surface area contributed by atoms with Gasteiger partial charge in [-0.3, -0.25) is 4.79 Å². The average Bonchev–Trinajstić information content (AvgIpc) is 3.41. The lowest BCUT2D eigenvalue weighted by Gasteiger charge is -2.09. The molecule has 2 aromatic carbocycles. The van der Waals surface area contributed by atoms with Crippen LogP contribution in [0.2, 0.25) is 5.02 Å². The van der Waals surface area contributed by atoms with Crippen molar-refractivity contribution < 1.29 is 9.53 Å². The number of benzene rings is 2. The molecular formula is C20H17ClN6O2S. The summed E-state index contributed by atoms with van der Waals surface area (Å²) in [4.78, 5) is 16.9. The van der Waals surface area contributed by atoms with Crippen molar-refractivity contribution in [3.05, 3.63) is 75.5 Å². The maximum Gasteiger partial charge on any atom is 0.230 e. The molecule has 0 aliphatic rings. The number of carbonyl (C=O) groups is 1. The Balaban J connectivity index is 1.34.